The Morgan fingerprint density at radius 1 is 1.47 bits per heavy atom. The normalized spacial score (nSPS) is 18.5. The van der Waals surface area contributed by atoms with E-state index in [0.717, 1.165) is 13.0 Å². The summed E-state index contributed by atoms with van der Waals surface area (Å²) >= 11 is 0. The number of hydrogen-bond donors (Lipinski definition) is 2. The molecular weight excluding hydrogens is 248 g/mol. The molecule has 2 N–H and O–H groups in total. The van der Waals surface area contributed by atoms with Crippen LogP contribution in [0.1, 0.15) is 12.8 Å². The van der Waals surface area contributed by atoms with Gasteiger partial charge in [0.2, 0.25) is 0 Å². The first-order valence-electron chi connectivity index (χ1n) is 6.40. The van der Waals surface area contributed by atoms with Crippen molar-refractivity contribution in [3.63, 3.8) is 0 Å². The minimum atomic E-state index is -0.825. The number of hydrogen-bond acceptors (Lipinski definition) is 3. The van der Waals surface area contributed by atoms with Gasteiger partial charge in [0.15, 0.2) is 0 Å². The second kappa shape index (κ2) is 6.21. The lowest BCUT2D eigenvalue weighted by atomic mass is 10.1. The van der Waals surface area contributed by atoms with Crippen LogP contribution in [0.4, 0.5) is 4.79 Å². The molecule has 7 heteroatoms. The molecule has 1 aliphatic rings. The predicted octanol–water partition coefficient (Wildman–Crippen LogP) is 0.389. The molecule has 0 aliphatic carbocycles. The predicted molar refractivity (Wildman–Crippen MR) is 67.6 cm³/mol. The maximum atomic E-state index is 11.8. The van der Waals surface area contributed by atoms with Crippen molar-refractivity contribution < 1.29 is 14.7 Å². The van der Waals surface area contributed by atoms with Gasteiger partial charge in [-0.3, -0.25) is 9.48 Å². The lowest BCUT2D eigenvalue weighted by Gasteiger charge is -2.16. The van der Waals surface area contributed by atoms with E-state index in [1.54, 1.807) is 11.1 Å². The van der Waals surface area contributed by atoms with Crippen LogP contribution < -0.4 is 5.32 Å². The molecule has 1 aromatic rings. The van der Waals surface area contributed by atoms with Crippen molar-refractivity contribution in [3.8, 4) is 0 Å². The van der Waals surface area contributed by atoms with Gasteiger partial charge < -0.3 is 15.3 Å². The van der Waals surface area contributed by atoms with Gasteiger partial charge in [-0.25, -0.2) is 4.79 Å². The van der Waals surface area contributed by atoms with Crippen LogP contribution in [0.25, 0.3) is 0 Å². The van der Waals surface area contributed by atoms with Gasteiger partial charge in [-0.1, -0.05) is 0 Å². The van der Waals surface area contributed by atoms with Gasteiger partial charge in [-0.15, -0.1) is 0 Å². The number of aryl methyl sites for hydroxylation is 1. The van der Waals surface area contributed by atoms with Crippen molar-refractivity contribution in [1.29, 1.82) is 0 Å². The Morgan fingerprint density at radius 3 is 2.95 bits per heavy atom. The van der Waals surface area contributed by atoms with E-state index in [1.807, 2.05) is 16.9 Å². The van der Waals surface area contributed by atoms with E-state index >= 15 is 0 Å². The van der Waals surface area contributed by atoms with Crippen molar-refractivity contribution in [1.82, 2.24) is 20.0 Å². The Bertz CT molecular complexity index is 432. The molecule has 7 nitrogen and oxygen atoms in total. The summed E-state index contributed by atoms with van der Waals surface area (Å²) in [5.74, 6) is -1.25. The van der Waals surface area contributed by atoms with Crippen molar-refractivity contribution in [2.45, 2.75) is 19.4 Å². The average molecular weight is 266 g/mol. The molecule has 1 aromatic heterocycles. The molecule has 0 spiro atoms. The molecule has 1 saturated heterocycles. The fourth-order valence-electron chi connectivity index (χ4n) is 2.13. The molecule has 1 fully saturated rings. The molecule has 0 saturated carbocycles. The molecule has 1 atom stereocenters. The summed E-state index contributed by atoms with van der Waals surface area (Å²) in [7, 11) is 0. The molecule has 1 unspecified atom stereocenters. The van der Waals surface area contributed by atoms with Crippen LogP contribution in [0.5, 0.6) is 0 Å². The van der Waals surface area contributed by atoms with Gasteiger partial charge in [0.25, 0.3) is 0 Å². The van der Waals surface area contributed by atoms with Crippen molar-refractivity contribution in [3.05, 3.63) is 18.5 Å². The van der Waals surface area contributed by atoms with E-state index in [2.05, 4.69) is 10.4 Å². The number of urea groups is 1. The summed E-state index contributed by atoms with van der Waals surface area (Å²) in [6.07, 6.45) is 4.92. The molecule has 2 rings (SSSR count). The van der Waals surface area contributed by atoms with E-state index in [9.17, 15) is 9.59 Å². The topological polar surface area (TPSA) is 87.5 Å². The van der Waals surface area contributed by atoms with Crippen molar-refractivity contribution in [2.24, 2.45) is 5.92 Å². The molecule has 0 bridgehead atoms. The third-order valence-corrected chi connectivity index (χ3v) is 3.22. The Balaban J connectivity index is 1.63. The van der Waals surface area contributed by atoms with Crippen LogP contribution in [-0.2, 0) is 11.3 Å². The zero-order valence-electron chi connectivity index (χ0n) is 10.7. The van der Waals surface area contributed by atoms with Gasteiger partial charge in [-0.05, 0) is 18.9 Å². The standard InChI is InChI=1S/C12H18N4O3/c17-11(18)10-3-8-15(9-10)12(19)13-4-1-6-16-7-2-5-14-16/h2,5,7,10H,1,3-4,6,8-9H2,(H,13,19)(H,17,18). The minimum Gasteiger partial charge on any atom is -0.481 e. The summed E-state index contributed by atoms with van der Waals surface area (Å²) in [5, 5.41) is 15.7. The first kappa shape index (κ1) is 13.4. The number of nitrogens with zero attached hydrogens (tertiary/aromatic N) is 3. The van der Waals surface area contributed by atoms with E-state index in [1.165, 1.54) is 0 Å². The molecule has 2 amide bonds. The zero-order chi connectivity index (χ0) is 13.7. The fraction of sp³-hybridized carbons (Fsp3) is 0.583. The second-order valence-electron chi connectivity index (χ2n) is 4.62. The number of carboxylic acids is 1. The summed E-state index contributed by atoms with van der Waals surface area (Å²) in [4.78, 5) is 24.1. The molecule has 1 aliphatic heterocycles. The quantitative estimate of drug-likeness (QED) is 0.755. The highest BCUT2D eigenvalue weighted by Gasteiger charge is 2.30. The largest absolute Gasteiger partial charge is 0.481 e. The van der Waals surface area contributed by atoms with Crippen molar-refractivity contribution >= 4 is 12.0 Å². The monoisotopic (exact) mass is 266 g/mol. The number of carboxylic acid groups (broad SMARTS) is 1. The zero-order valence-corrected chi connectivity index (χ0v) is 10.7. The number of aromatic nitrogens is 2. The van der Waals surface area contributed by atoms with Crippen LogP contribution >= 0.6 is 0 Å². The number of nitrogens with one attached hydrogen (secondary N) is 1. The molecule has 2 heterocycles. The number of aliphatic carboxylic acids is 1. The van der Waals surface area contributed by atoms with Crippen LogP contribution in [-0.4, -0.2) is 51.4 Å². The van der Waals surface area contributed by atoms with Gasteiger partial charge in [0.1, 0.15) is 0 Å². The summed E-state index contributed by atoms with van der Waals surface area (Å²) in [6, 6.07) is 1.68. The van der Waals surface area contributed by atoms with Crippen LogP contribution in [0.15, 0.2) is 18.5 Å². The third kappa shape index (κ3) is 3.70. The Morgan fingerprint density at radius 2 is 2.32 bits per heavy atom. The lowest BCUT2D eigenvalue weighted by Crippen LogP contribution is -2.39. The maximum absolute atomic E-state index is 11.8. The molecule has 104 valence electrons. The third-order valence-electron chi connectivity index (χ3n) is 3.22. The van der Waals surface area contributed by atoms with Gasteiger partial charge >= 0.3 is 12.0 Å². The smallest absolute Gasteiger partial charge is 0.317 e. The molecule has 0 radical (unpaired) electrons. The van der Waals surface area contributed by atoms with Gasteiger partial charge in [0, 0.05) is 38.6 Å². The fourth-order valence-corrected chi connectivity index (χ4v) is 2.13. The Hall–Kier alpha value is -2.05. The van der Waals surface area contributed by atoms with Crippen LogP contribution in [0.2, 0.25) is 0 Å². The maximum Gasteiger partial charge on any atom is 0.317 e. The molecule has 19 heavy (non-hydrogen) atoms. The highest BCUT2D eigenvalue weighted by molar-refractivity contribution is 5.77. The average Bonchev–Trinajstić information content (AvgIpc) is 3.05. The summed E-state index contributed by atoms with van der Waals surface area (Å²) in [6.45, 7) is 2.14. The van der Waals surface area contributed by atoms with E-state index < -0.39 is 11.9 Å². The minimum absolute atomic E-state index is 0.177. The van der Waals surface area contributed by atoms with Crippen LogP contribution in [0, 0.1) is 5.92 Å². The number of likely N-dealkylation sites (tertiary alicyclic amines) is 1. The Kier molecular flexibility index (Phi) is 4.38. The Labute approximate surface area is 111 Å². The number of rotatable bonds is 5. The second-order valence-corrected chi connectivity index (χ2v) is 4.62. The van der Waals surface area contributed by atoms with Gasteiger partial charge in [0.05, 0.1) is 5.92 Å². The van der Waals surface area contributed by atoms with E-state index in [4.69, 9.17) is 5.11 Å². The number of carbonyl (C=O) groups excluding carboxylic acids is 1. The van der Waals surface area contributed by atoms with Crippen LogP contribution in [0.3, 0.4) is 0 Å². The highest BCUT2D eigenvalue weighted by Crippen LogP contribution is 2.15. The van der Waals surface area contributed by atoms with E-state index in [-0.39, 0.29) is 6.03 Å². The van der Waals surface area contributed by atoms with E-state index in [0.29, 0.717) is 26.1 Å². The highest BCUT2D eigenvalue weighted by atomic mass is 16.4. The summed E-state index contributed by atoms with van der Waals surface area (Å²) < 4.78 is 1.81. The van der Waals surface area contributed by atoms with Crippen molar-refractivity contribution in [2.75, 3.05) is 19.6 Å². The first-order chi connectivity index (χ1) is 9.16. The molecular formula is C12H18N4O3. The molecule has 0 aromatic carbocycles. The van der Waals surface area contributed by atoms with Gasteiger partial charge in [-0.2, -0.15) is 5.10 Å². The number of carbonyl (C=O) groups is 2. The first-order valence-corrected chi connectivity index (χ1v) is 6.40. The lowest BCUT2D eigenvalue weighted by molar-refractivity contribution is -0.141. The SMILES string of the molecule is O=C(O)C1CCN(C(=O)NCCCn2cccn2)C1. The summed E-state index contributed by atoms with van der Waals surface area (Å²) in [5.41, 5.74) is 0. The number of amides is 2.